The molecule has 6 heteroatoms. The van der Waals surface area contributed by atoms with Gasteiger partial charge in [0, 0.05) is 29.9 Å². The van der Waals surface area contributed by atoms with Crippen molar-refractivity contribution in [3.63, 3.8) is 0 Å². The van der Waals surface area contributed by atoms with Crippen molar-refractivity contribution >= 4 is 33.1 Å². The quantitative estimate of drug-likeness (QED) is 0.496. The van der Waals surface area contributed by atoms with E-state index >= 15 is 0 Å². The molecular formula is CH5IN2O2S. The van der Waals surface area contributed by atoms with Crippen LogP contribution in [0.2, 0.25) is 0 Å². The Kier molecular flexibility index (Phi) is 3.04. The highest BCUT2D eigenvalue weighted by Crippen LogP contribution is 1.76. The van der Waals surface area contributed by atoms with Crippen molar-refractivity contribution in [1.82, 2.24) is 7.66 Å². The van der Waals surface area contributed by atoms with Crippen LogP contribution >= 0.6 is 22.9 Å². The molecule has 0 aromatic heterocycles. The molecule has 0 aliphatic rings. The molecule has 0 rings (SSSR count). The van der Waals surface area contributed by atoms with Crippen LogP contribution in [0.25, 0.3) is 0 Å². The zero-order valence-corrected chi connectivity index (χ0v) is 6.58. The van der Waals surface area contributed by atoms with Gasteiger partial charge in [0.25, 0.3) is 10.2 Å². The number of nitrogens with one attached hydrogen (secondary N) is 2. The number of halogens is 1. The lowest BCUT2D eigenvalue weighted by Crippen LogP contribution is -2.26. The Morgan fingerprint density at radius 3 is 2.00 bits per heavy atom. The van der Waals surface area contributed by atoms with E-state index in [0.29, 0.717) is 0 Å². The third-order valence-corrected chi connectivity index (χ3v) is 2.85. The van der Waals surface area contributed by atoms with Crippen molar-refractivity contribution in [2.75, 3.05) is 7.05 Å². The maximum atomic E-state index is 10.1. The highest BCUT2D eigenvalue weighted by atomic mass is 127. The highest BCUT2D eigenvalue weighted by Gasteiger charge is 1.97. The van der Waals surface area contributed by atoms with Gasteiger partial charge in [-0.05, 0) is 0 Å². The van der Waals surface area contributed by atoms with Crippen LogP contribution in [0.4, 0.5) is 0 Å². The van der Waals surface area contributed by atoms with E-state index in [1.807, 2.05) is 7.66 Å². The SMILES string of the molecule is CNS(=O)(=O)NI. The van der Waals surface area contributed by atoms with E-state index in [0.717, 1.165) is 0 Å². The topological polar surface area (TPSA) is 58.2 Å². The minimum Gasteiger partial charge on any atom is -0.205 e. The second-order valence-corrected chi connectivity index (χ2v) is 3.68. The zero-order chi connectivity index (χ0) is 5.91. The summed E-state index contributed by atoms with van der Waals surface area (Å²) in [6.07, 6.45) is 0. The third-order valence-electron chi connectivity index (χ3n) is 0.370. The van der Waals surface area contributed by atoms with Crippen molar-refractivity contribution in [3.8, 4) is 0 Å². The van der Waals surface area contributed by atoms with E-state index in [4.69, 9.17) is 0 Å². The Hall–Kier alpha value is 0.600. The van der Waals surface area contributed by atoms with Gasteiger partial charge in [-0.2, -0.15) is 8.42 Å². The molecular weight excluding hydrogens is 231 g/mol. The molecule has 0 amide bonds. The van der Waals surface area contributed by atoms with Gasteiger partial charge >= 0.3 is 0 Å². The summed E-state index contributed by atoms with van der Waals surface area (Å²) in [5.41, 5.74) is 0. The fourth-order valence-electron chi connectivity index (χ4n) is 0.0386. The van der Waals surface area contributed by atoms with Crippen molar-refractivity contribution in [1.29, 1.82) is 0 Å². The standard InChI is InChI=1S/CH5IN2O2S/c1-3-7(5,6)4-2/h3-4H,1H3. The summed E-state index contributed by atoms with van der Waals surface area (Å²) in [7, 11) is -1.84. The van der Waals surface area contributed by atoms with Crippen molar-refractivity contribution < 1.29 is 8.42 Å². The summed E-state index contributed by atoms with van der Waals surface area (Å²) in [4.78, 5) is 0. The van der Waals surface area contributed by atoms with Crippen LogP contribution < -0.4 is 7.66 Å². The van der Waals surface area contributed by atoms with E-state index in [2.05, 4.69) is 0 Å². The minimum absolute atomic E-state index is 1.33. The van der Waals surface area contributed by atoms with Gasteiger partial charge in [0.1, 0.15) is 0 Å². The highest BCUT2D eigenvalue weighted by molar-refractivity contribution is 14.1. The van der Waals surface area contributed by atoms with Crippen LogP contribution in [0.15, 0.2) is 0 Å². The van der Waals surface area contributed by atoms with Crippen LogP contribution in [0.5, 0.6) is 0 Å². The molecule has 0 saturated carbocycles. The molecule has 7 heavy (non-hydrogen) atoms. The first-order valence-electron chi connectivity index (χ1n) is 1.43. The van der Waals surface area contributed by atoms with Gasteiger partial charge in [-0.3, -0.25) is 0 Å². The molecule has 0 spiro atoms. The lowest BCUT2D eigenvalue weighted by molar-refractivity contribution is 0.588. The predicted molar refractivity (Wildman–Crippen MR) is 35.1 cm³/mol. The normalized spacial score (nSPS) is 11.7. The fraction of sp³-hybridized carbons (Fsp3) is 1.00. The fourth-order valence-corrected chi connectivity index (χ4v) is 0.776. The summed E-state index contributed by atoms with van der Waals surface area (Å²) in [6, 6.07) is 0. The lowest BCUT2D eigenvalue weighted by Gasteiger charge is -1.92. The Balaban J connectivity index is 3.89. The number of rotatable bonds is 2. The van der Waals surface area contributed by atoms with E-state index in [-0.39, 0.29) is 0 Å². The Morgan fingerprint density at radius 1 is 1.57 bits per heavy atom. The lowest BCUT2D eigenvalue weighted by atomic mass is 11.6. The first-order valence-corrected chi connectivity index (χ1v) is 3.99. The Labute approximate surface area is 56.4 Å². The van der Waals surface area contributed by atoms with Crippen LogP contribution in [-0.2, 0) is 10.2 Å². The average Bonchev–Trinajstić information content (AvgIpc) is 1.68. The van der Waals surface area contributed by atoms with Crippen LogP contribution in [-0.4, -0.2) is 15.5 Å². The van der Waals surface area contributed by atoms with Crippen LogP contribution in [0, 0.1) is 0 Å². The summed E-state index contributed by atoms with van der Waals surface area (Å²) in [5.74, 6) is 0. The van der Waals surface area contributed by atoms with E-state index < -0.39 is 10.2 Å². The van der Waals surface area contributed by atoms with Crippen molar-refractivity contribution in [2.45, 2.75) is 0 Å². The van der Waals surface area contributed by atoms with Gasteiger partial charge in [0.15, 0.2) is 0 Å². The average molecular weight is 236 g/mol. The molecule has 0 aromatic rings. The van der Waals surface area contributed by atoms with Gasteiger partial charge in [0.2, 0.25) is 0 Å². The smallest absolute Gasteiger partial charge is 0.205 e. The maximum absolute atomic E-state index is 10.1. The summed E-state index contributed by atoms with van der Waals surface area (Å²) >= 11 is 1.53. The Bertz CT molecular complexity index is 119. The van der Waals surface area contributed by atoms with Crippen molar-refractivity contribution in [3.05, 3.63) is 0 Å². The van der Waals surface area contributed by atoms with Gasteiger partial charge in [-0.25, -0.2) is 4.72 Å². The van der Waals surface area contributed by atoms with E-state index in [1.165, 1.54) is 29.9 Å². The third kappa shape index (κ3) is 3.21. The molecule has 0 fully saturated rings. The molecule has 4 nitrogen and oxygen atoms in total. The molecule has 0 aliphatic heterocycles. The van der Waals surface area contributed by atoms with Gasteiger partial charge in [-0.1, -0.05) is 0 Å². The molecule has 0 saturated heterocycles. The maximum Gasteiger partial charge on any atom is 0.285 e. The zero-order valence-electron chi connectivity index (χ0n) is 3.60. The van der Waals surface area contributed by atoms with Gasteiger partial charge in [0.05, 0.1) is 0 Å². The molecule has 0 heterocycles. The van der Waals surface area contributed by atoms with Crippen LogP contribution in [0.3, 0.4) is 0 Å². The molecule has 0 atom stereocenters. The molecule has 44 valence electrons. The largest absolute Gasteiger partial charge is 0.285 e. The van der Waals surface area contributed by atoms with Gasteiger partial charge < -0.3 is 0 Å². The number of hydrogen-bond donors (Lipinski definition) is 2. The summed E-state index contributed by atoms with van der Waals surface area (Å²) < 4.78 is 24.3. The molecule has 2 N–H and O–H groups in total. The van der Waals surface area contributed by atoms with Crippen LogP contribution in [0.1, 0.15) is 0 Å². The molecule has 0 radical (unpaired) electrons. The summed E-state index contributed by atoms with van der Waals surface area (Å²) in [5, 5.41) is 0. The minimum atomic E-state index is -3.17. The second-order valence-electron chi connectivity index (χ2n) is 0.785. The van der Waals surface area contributed by atoms with Crippen molar-refractivity contribution in [2.24, 2.45) is 0 Å². The summed E-state index contributed by atoms with van der Waals surface area (Å²) in [6.45, 7) is 0. The first-order chi connectivity index (χ1) is 3.12. The number of hydrogen-bond acceptors (Lipinski definition) is 2. The monoisotopic (exact) mass is 236 g/mol. The Morgan fingerprint density at radius 2 is 2.00 bits per heavy atom. The molecule has 0 aromatic carbocycles. The van der Waals surface area contributed by atoms with E-state index in [9.17, 15) is 8.42 Å². The first kappa shape index (κ1) is 7.60. The molecule has 0 aliphatic carbocycles. The second kappa shape index (κ2) is 2.80. The predicted octanol–water partition coefficient (Wildman–Crippen LogP) is -0.610. The van der Waals surface area contributed by atoms with Gasteiger partial charge in [-0.15, -0.1) is 2.94 Å². The molecule has 0 unspecified atom stereocenters. The van der Waals surface area contributed by atoms with E-state index in [1.54, 1.807) is 0 Å². The molecule has 0 bridgehead atoms.